The van der Waals surface area contributed by atoms with E-state index in [1.54, 1.807) is 26.2 Å². The summed E-state index contributed by atoms with van der Waals surface area (Å²) in [6.45, 7) is 2.69. The average Bonchev–Trinajstić information content (AvgIpc) is 2.82. The van der Waals surface area contributed by atoms with Gasteiger partial charge in [0.1, 0.15) is 5.75 Å². The van der Waals surface area contributed by atoms with Gasteiger partial charge in [0.25, 0.3) is 0 Å². The molecule has 1 aliphatic rings. The van der Waals surface area contributed by atoms with Crippen LogP contribution in [0.3, 0.4) is 0 Å². The second-order valence-corrected chi connectivity index (χ2v) is 8.53. The molecule has 2 aromatic carbocycles. The number of nitrogens with one attached hydrogen (secondary N) is 2. The summed E-state index contributed by atoms with van der Waals surface area (Å²) in [6.07, 6.45) is 3.04. The van der Waals surface area contributed by atoms with Gasteiger partial charge in [0.15, 0.2) is 0 Å². The molecule has 0 spiro atoms. The highest BCUT2D eigenvalue weighted by Crippen LogP contribution is 2.18. The van der Waals surface area contributed by atoms with Gasteiger partial charge >= 0.3 is 12.1 Å². The fraction of sp³-hybridized carbons (Fsp3) is 0.440. The molecule has 8 heteroatoms. The third kappa shape index (κ3) is 7.68. The highest BCUT2D eigenvalue weighted by molar-refractivity contribution is 5.74. The molecule has 33 heavy (non-hydrogen) atoms. The zero-order valence-corrected chi connectivity index (χ0v) is 19.5. The van der Waals surface area contributed by atoms with E-state index in [2.05, 4.69) is 34.9 Å². The molecule has 1 heterocycles. The second kappa shape index (κ2) is 12.1. The van der Waals surface area contributed by atoms with Crippen molar-refractivity contribution < 1.29 is 14.3 Å². The van der Waals surface area contributed by atoms with Crippen molar-refractivity contribution in [1.82, 2.24) is 15.1 Å². The van der Waals surface area contributed by atoms with Crippen LogP contribution >= 0.6 is 0 Å². The fourth-order valence-electron chi connectivity index (χ4n) is 3.74. The highest BCUT2D eigenvalue weighted by Gasteiger charge is 2.22. The monoisotopic (exact) mass is 453 g/mol. The van der Waals surface area contributed by atoms with Crippen LogP contribution in [-0.4, -0.2) is 68.2 Å². The molecule has 4 N–H and O–H groups in total. The molecular formula is C25H35N5O3. The summed E-state index contributed by atoms with van der Waals surface area (Å²) >= 11 is 0. The number of anilines is 1. The molecule has 0 aliphatic carbocycles. The van der Waals surface area contributed by atoms with E-state index in [0.29, 0.717) is 31.3 Å². The third-order valence-corrected chi connectivity index (χ3v) is 5.72. The first-order valence-electron chi connectivity index (χ1n) is 11.5. The molecule has 0 aromatic heterocycles. The molecule has 8 nitrogen and oxygen atoms in total. The standard InChI is InChI=1S/C25H35N5O3/c1-29(2)25(32)33-23-9-5-20(6-10-23)12-16-27-24(31)30-17-13-22(14-18-30)28-21-7-3-19(4-8-21)11-15-26/h3-10,22,28H,11-18,26H2,1-2H3,(H,27,31). The van der Waals surface area contributed by atoms with Crippen molar-refractivity contribution in [2.45, 2.75) is 31.7 Å². The number of likely N-dealkylation sites (tertiary alicyclic amines) is 1. The van der Waals surface area contributed by atoms with Crippen LogP contribution in [0.1, 0.15) is 24.0 Å². The van der Waals surface area contributed by atoms with E-state index < -0.39 is 6.09 Å². The lowest BCUT2D eigenvalue weighted by molar-refractivity contribution is 0.172. The zero-order valence-electron chi connectivity index (χ0n) is 19.5. The summed E-state index contributed by atoms with van der Waals surface area (Å²) in [5, 5.41) is 6.58. The van der Waals surface area contributed by atoms with Gasteiger partial charge in [0.2, 0.25) is 0 Å². The van der Waals surface area contributed by atoms with Gasteiger partial charge in [-0.25, -0.2) is 9.59 Å². The summed E-state index contributed by atoms with van der Waals surface area (Å²) in [6, 6.07) is 16.1. The summed E-state index contributed by atoms with van der Waals surface area (Å²) in [7, 11) is 3.28. The van der Waals surface area contributed by atoms with Crippen LogP contribution in [0.2, 0.25) is 0 Å². The van der Waals surface area contributed by atoms with Gasteiger partial charge in [-0.3, -0.25) is 0 Å². The number of carbonyl (C=O) groups is 2. The summed E-state index contributed by atoms with van der Waals surface area (Å²) in [4.78, 5) is 27.4. The van der Waals surface area contributed by atoms with E-state index in [4.69, 9.17) is 10.5 Å². The minimum absolute atomic E-state index is 0.0175. The zero-order chi connectivity index (χ0) is 23.6. The van der Waals surface area contributed by atoms with E-state index >= 15 is 0 Å². The van der Waals surface area contributed by atoms with Crippen molar-refractivity contribution in [2.24, 2.45) is 5.73 Å². The minimum Gasteiger partial charge on any atom is -0.410 e. The Labute approximate surface area is 196 Å². The number of amides is 3. The Balaban J connectivity index is 1.35. The number of hydrogen-bond acceptors (Lipinski definition) is 5. The van der Waals surface area contributed by atoms with Crippen LogP contribution in [-0.2, 0) is 12.8 Å². The van der Waals surface area contributed by atoms with E-state index in [1.165, 1.54) is 10.5 Å². The lowest BCUT2D eigenvalue weighted by Crippen LogP contribution is -2.47. The second-order valence-electron chi connectivity index (χ2n) is 8.53. The van der Waals surface area contributed by atoms with Crippen molar-refractivity contribution in [2.75, 3.05) is 45.6 Å². The first kappa shape index (κ1) is 24.4. The van der Waals surface area contributed by atoms with Gasteiger partial charge in [-0.2, -0.15) is 0 Å². The van der Waals surface area contributed by atoms with Gasteiger partial charge in [-0.05, 0) is 67.6 Å². The molecule has 0 radical (unpaired) electrons. The minimum atomic E-state index is -0.408. The summed E-state index contributed by atoms with van der Waals surface area (Å²) in [5.41, 5.74) is 9.03. The normalized spacial score (nSPS) is 14.0. The first-order valence-corrected chi connectivity index (χ1v) is 11.5. The number of piperidine rings is 1. The van der Waals surface area contributed by atoms with Crippen molar-refractivity contribution >= 4 is 17.8 Å². The van der Waals surface area contributed by atoms with Crippen LogP contribution in [0.15, 0.2) is 48.5 Å². The molecule has 0 bridgehead atoms. The number of hydrogen-bond donors (Lipinski definition) is 3. The summed E-state index contributed by atoms with van der Waals surface area (Å²) in [5.74, 6) is 0.504. The number of benzene rings is 2. The Morgan fingerprint density at radius 3 is 2.21 bits per heavy atom. The molecule has 1 saturated heterocycles. The van der Waals surface area contributed by atoms with Crippen molar-refractivity contribution in [3.63, 3.8) is 0 Å². The van der Waals surface area contributed by atoms with Crippen LogP contribution < -0.4 is 21.1 Å². The van der Waals surface area contributed by atoms with Gasteiger partial charge in [0, 0.05) is 45.5 Å². The topological polar surface area (TPSA) is 99.9 Å². The van der Waals surface area contributed by atoms with Crippen LogP contribution in [0.4, 0.5) is 15.3 Å². The molecule has 3 amide bonds. The number of carbonyl (C=O) groups excluding carboxylic acids is 2. The maximum Gasteiger partial charge on any atom is 0.414 e. The third-order valence-electron chi connectivity index (χ3n) is 5.72. The molecule has 0 atom stereocenters. The molecule has 2 aromatic rings. The van der Waals surface area contributed by atoms with E-state index in [-0.39, 0.29) is 6.03 Å². The van der Waals surface area contributed by atoms with Gasteiger partial charge < -0.3 is 30.9 Å². The number of rotatable bonds is 8. The molecule has 3 rings (SSSR count). The number of nitrogens with two attached hydrogens (primary N) is 1. The number of ether oxygens (including phenoxy) is 1. The van der Waals surface area contributed by atoms with Gasteiger partial charge in [-0.15, -0.1) is 0 Å². The molecule has 0 saturated carbocycles. The molecule has 1 fully saturated rings. The van der Waals surface area contributed by atoms with Crippen LogP contribution in [0.5, 0.6) is 5.75 Å². The maximum absolute atomic E-state index is 12.5. The smallest absolute Gasteiger partial charge is 0.410 e. The predicted octanol–water partition coefficient (Wildman–Crippen LogP) is 3.08. The number of nitrogens with zero attached hydrogens (tertiary/aromatic N) is 2. The van der Waals surface area contributed by atoms with E-state index in [1.807, 2.05) is 17.0 Å². The highest BCUT2D eigenvalue weighted by atomic mass is 16.6. The van der Waals surface area contributed by atoms with E-state index in [9.17, 15) is 9.59 Å². The fourth-order valence-corrected chi connectivity index (χ4v) is 3.74. The number of urea groups is 1. The average molecular weight is 454 g/mol. The Bertz CT molecular complexity index is 891. The lowest BCUT2D eigenvalue weighted by Gasteiger charge is -2.33. The Hall–Kier alpha value is -3.26. The van der Waals surface area contributed by atoms with Crippen molar-refractivity contribution in [1.29, 1.82) is 0 Å². The van der Waals surface area contributed by atoms with Crippen LogP contribution in [0, 0.1) is 0 Å². The Morgan fingerprint density at radius 1 is 1.00 bits per heavy atom. The van der Waals surface area contributed by atoms with Gasteiger partial charge in [0.05, 0.1) is 0 Å². The summed E-state index contributed by atoms with van der Waals surface area (Å²) < 4.78 is 5.21. The maximum atomic E-state index is 12.5. The molecule has 178 valence electrons. The Morgan fingerprint density at radius 2 is 1.61 bits per heavy atom. The first-order chi connectivity index (χ1) is 15.9. The lowest BCUT2D eigenvalue weighted by atomic mass is 10.0. The molecule has 0 unspecified atom stereocenters. The van der Waals surface area contributed by atoms with Gasteiger partial charge in [-0.1, -0.05) is 24.3 Å². The molecule has 1 aliphatic heterocycles. The van der Waals surface area contributed by atoms with E-state index in [0.717, 1.165) is 43.6 Å². The van der Waals surface area contributed by atoms with Crippen LogP contribution in [0.25, 0.3) is 0 Å². The largest absolute Gasteiger partial charge is 0.414 e. The SMILES string of the molecule is CN(C)C(=O)Oc1ccc(CCNC(=O)N2CCC(Nc3ccc(CCN)cc3)CC2)cc1. The quantitative estimate of drug-likeness (QED) is 0.570. The predicted molar refractivity (Wildman–Crippen MR) is 131 cm³/mol. The van der Waals surface area contributed by atoms with Crippen molar-refractivity contribution in [3.8, 4) is 5.75 Å². The Kier molecular flexibility index (Phi) is 8.95. The van der Waals surface area contributed by atoms with Crippen molar-refractivity contribution in [3.05, 3.63) is 59.7 Å². The molecular weight excluding hydrogens is 418 g/mol.